The number of nitrogens with two attached hydrogens (primary N) is 1. The third-order valence-corrected chi connectivity index (χ3v) is 2.65. The zero-order chi connectivity index (χ0) is 13.5. The van der Waals surface area contributed by atoms with Crippen LogP contribution in [0.1, 0.15) is 26.3 Å². The van der Waals surface area contributed by atoms with Crippen molar-refractivity contribution in [3.63, 3.8) is 0 Å². The fourth-order valence-electron chi connectivity index (χ4n) is 1.73. The Hall–Kier alpha value is -1.55. The Kier molecular flexibility index (Phi) is 5.65. The number of rotatable bonds is 6. The molecule has 0 atom stereocenters. The van der Waals surface area contributed by atoms with E-state index in [-0.39, 0.29) is 11.9 Å². The first kappa shape index (κ1) is 14.5. The van der Waals surface area contributed by atoms with Crippen molar-refractivity contribution in [1.29, 1.82) is 0 Å². The number of likely N-dealkylation sites (N-methyl/N-ethyl adjacent to an activating group) is 1. The molecule has 4 nitrogen and oxygen atoms in total. The number of amides is 1. The molecule has 0 saturated carbocycles. The van der Waals surface area contributed by atoms with Gasteiger partial charge in [0.05, 0.1) is 6.54 Å². The molecule has 0 fully saturated rings. The second-order valence-corrected chi connectivity index (χ2v) is 4.77. The number of hydrogen-bond acceptors (Lipinski definition) is 3. The van der Waals surface area contributed by atoms with E-state index < -0.39 is 0 Å². The highest BCUT2D eigenvalue weighted by molar-refractivity contribution is 5.78. The average Bonchev–Trinajstić information content (AvgIpc) is 2.30. The van der Waals surface area contributed by atoms with Crippen molar-refractivity contribution in [2.75, 3.05) is 18.8 Å². The number of nitrogens with zero attached hydrogens (tertiary/aromatic N) is 1. The van der Waals surface area contributed by atoms with Gasteiger partial charge in [0.2, 0.25) is 5.91 Å². The van der Waals surface area contributed by atoms with E-state index in [4.69, 9.17) is 5.73 Å². The van der Waals surface area contributed by atoms with Gasteiger partial charge in [-0.1, -0.05) is 19.1 Å². The zero-order valence-corrected chi connectivity index (χ0v) is 11.4. The molecule has 0 aliphatic carbocycles. The van der Waals surface area contributed by atoms with Crippen LogP contribution in [0.5, 0.6) is 0 Å². The fraction of sp³-hybridized carbons (Fsp3) is 0.500. The lowest BCUT2D eigenvalue weighted by Gasteiger charge is -2.20. The van der Waals surface area contributed by atoms with Gasteiger partial charge in [0.15, 0.2) is 0 Å². The summed E-state index contributed by atoms with van der Waals surface area (Å²) in [6.45, 7) is 8.03. The molecular formula is C14H23N3O. The smallest absolute Gasteiger partial charge is 0.234 e. The van der Waals surface area contributed by atoms with E-state index in [1.54, 1.807) is 0 Å². The van der Waals surface area contributed by atoms with Gasteiger partial charge in [-0.05, 0) is 38.1 Å². The van der Waals surface area contributed by atoms with E-state index in [0.29, 0.717) is 6.54 Å². The van der Waals surface area contributed by atoms with Gasteiger partial charge in [0.1, 0.15) is 0 Å². The van der Waals surface area contributed by atoms with Gasteiger partial charge in [-0.3, -0.25) is 9.69 Å². The van der Waals surface area contributed by atoms with E-state index in [0.717, 1.165) is 18.8 Å². The molecule has 0 spiro atoms. The zero-order valence-electron chi connectivity index (χ0n) is 11.4. The Morgan fingerprint density at radius 2 is 1.94 bits per heavy atom. The van der Waals surface area contributed by atoms with E-state index in [1.165, 1.54) is 5.56 Å². The molecule has 0 radical (unpaired) electrons. The third kappa shape index (κ3) is 5.19. The van der Waals surface area contributed by atoms with Crippen LogP contribution in [0.2, 0.25) is 0 Å². The summed E-state index contributed by atoms with van der Waals surface area (Å²) in [5.74, 6) is 0.0716. The Morgan fingerprint density at radius 3 is 2.44 bits per heavy atom. The highest BCUT2D eigenvalue weighted by atomic mass is 16.2. The normalized spacial score (nSPS) is 10.9. The second-order valence-electron chi connectivity index (χ2n) is 4.77. The molecule has 0 aliphatic heterocycles. The molecule has 0 aliphatic rings. The molecule has 3 N–H and O–H groups in total. The Bertz CT molecular complexity index is 373. The van der Waals surface area contributed by atoms with Crippen molar-refractivity contribution in [2.24, 2.45) is 0 Å². The number of nitrogen functional groups attached to an aromatic ring is 1. The Morgan fingerprint density at radius 1 is 1.33 bits per heavy atom. The minimum absolute atomic E-state index is 0.0716. The van der Waals surface area contributed by atoms with Gasteiger partial charge in [0.25, 0.3) is 0 Å². The van der Waals surface area contributed by atoms with Crippen molar-refractivity contribution < 1.29 is 4.79 Å². The van der Waals surface area contributed by atoms with Crippen molar-refractivity contribution in [2.45, 2.75) is 33.4 Å². The fourth-order valence-corrected chi connectivity index (χ4v) is 1.73. The van der Waals surface area contributed by atoms with Gasteiger partial charge in [-0.25, -0.2) is 0 Å². The summed E-state index contributed by atoms with van der Waals surface area (Å²) in [6.07, 6.45) is 0. The summed E-state index contributed by atoms with van der Waals surface area (Å²) in [7, 11) is 0. The van der Waals surface area contributed by atoms with Crippen molar-refractivity contribution in [1.82, 2.24) is 10.2 Å². The molecule has 0 bridgehead atoms. The molecule has 1 amide bonds. The summed E-state index contributed by atoms with van der Waals surface area (Å²) >= 11 is 0. The van der Waals surface area contributed by atoms with Crippen LogP contribution in [0.4, 0.5) is 5.69 Å². The molecular weight excluding hydrogens is 226 g/mol. The van der Waals surface area contributed by atoms with E-state index in [2.05, 4.69) is 17.1 Å². The van der Waals surface area contributed by atoms with Gasteiger partial charge < -0.3 is 11.1 Å². The van der Waals surface area contributed by atoms with Crippen LogP contribution < -0.4 is 11.1 Å². The van der Waals surface area contributed by atoms with Crippen molar-refractivity contribution in [3.05, 3.63) is 29.8 Å². The summed E-state index contributed by atoms with van der Waals surface area (Å²) in [6, 6.07) is 7.96. The maximum atomic E-state index is 11.7. The van der Waals surface area contributed by atoms with Crippen LogP contribution >= 0.6 is 0 Å². The number of benzene rings is 1. The summed E-state index contributed by atoms with van der Waals surface area (Å²) in [5.41, 5.74) is 7.58. The summed E-state index contributed by atoms with van der Waals surface area (Å²) in [4.78, 5) is 13.8. The molecule has 100 valence electrons. The molecule has 1 rings (SSSR count). The molecule has 18 heavy (non-hydrogen) atoms. The van der Waals surface area contributed by atoms with Crippen LogP contribution in [-0.4, -0.2) is 29.9 Å². The molecule has 4 heteroatoms. The monoisotopic (exact) mass is 249 g/mol. The molecule has 1 aromatic carbocycles. The standard InChI is InChI=1S/C14H23N3O/c1-4-17(10-14(18)16-11(2)3)9-12-5-7-13(15)8-6-12/h5-8,11H,4,9-10,15H2,1-3H3,(H,16,18). The predicted molar refractivity (Wildman–Crippen MR) is 75.1 cm³/mol. The quantitative estimate of drug-likeness (QED) is 0.753. The molecule has 1 aromatic rings. The number of carbonyl (C=O) groups is 1. The minimum atomic E-state index is 0.0716. The number of anilines is 1. The van der Waals surface area contributed by atoms with Crippen LogP contribution in [0.25, 0.3) is 0 Å². The first-order chi connectivity index (χ1) is 8.51. The van der Waals surface area contributed by atoms with Gasteiger partial charge in [-0.15, -0.1) is 0 Å². The van der Waals surface area contributed by atoms with Crippen molar-refractivity contribution in [3.8, 4) is 0 Å². The van der Waals surface area contributed by atoms with Gasteiger partial charge in [-0.2, -0.15) is 0 Å². The first-order valence-electron chi connectivity index (χ1n) is 6.37. The highest BCUT2D eigenvalue weighted by Gasteiger charge is 2.10. The molecule has 0 heterocycles. The molecule has 0 aromatic heterocycles. The molecule has 0 saturated heterocycles. The largest absolute Gasteiger partial charge is 0.399 e. The number of nitrogens with one attached hydrogen (secondary N) is 1. The minimum Gasteiger partial charge on any atom is -0.399 e. The maximum absolute atomic E-state index is 11.7. The predicted octanol–water partition coefficient (Wildman–Crippen LogP) is 1.62. The maximum Gasteiger partial charge on any atom is 0.234 e. The average molecular weight is 249 g/mol. The number of hydrogen-bond donors (Lipinski definition) is 2. The third-order valence-electron chi connectivity index (χ3n) is 2.65. The first-order valence-corrected chi connectivity index (χ1v) is 6.37. The lowest BCUT2D eigenvalue weighted by atomic mass is 10.2. The lowest BCUT2D eigenvalue weighted by molar-refractivity contribution is -0.122. The van der Waals surface area contributed by atoms with Crippen LogP contribution in [0.3, 0.4) is 0 Å². The van der Waals surface area contributed by atoms with Gasteiger partial charge in [0, 0.05) is 18.3 Å². The highest BCUT2D eigenvalue weighted by Crippen LogP contribution is 2.08. The van der Waals surface area contributed by atoms with Crippen LogP contribution in [0, 0.1) is 0 Å². The van der Waals surface area contributed by atoms with E-state index in [9.17, 15) is 4.79 Å². The van der Waals surface area contributed by atoms with Crippen molar-refractivity contribution >= 4 is 11.6 Å². The Labute approximate surface area is 109 Å². The van der Waals surface area contributed by atoms with Gasteiger partial charge >= 0.3 is 0 Å². The SMILES string of the molecule is CCN(CC(=O)NC(C)C)Cc1ccc(N)cc1. The number of carbonyl (C=O) groups excluding carboxylic acids is 1. The summed E-state index contributed by atoms with van der Waals surface area (Å²) in [5, 5.41) is 2.90. The topological polar surface area (TPSA) is 58.4 Å². The van der Waals surface area contributed by atoms with E-state index in [1.807, 2.05) is 38.1 Å². The summed E-state index contributed by atoms with van der Waals surface area (Å²) < 4.78 is 0. The van der Waals surface area contributed by atoms with Crippen LogP contribution in [-0.2, 0) is 11.3 Å². The Balaban J connectivity index is 2.51. The second kappa shape index (κ2) is 7.01. The lowest BCUT2D eigenvalue weighted by Crippen LogP contribution is -2.39. The molecule has 0 unspecified atom stereocenters. The van der Waals surface area contributed by atoms with Crippen LogP contribution in [0.15, 0.2) is 24.3 Å². The van der Waals surface area contributed by atoms with E-state index >= 15 is 0 Å².